The van der Waals surface area contributed by atoms with Crippen molar-refractivity contribution in [1.82, 2.24) is 0 Å². The molecule has 0 aliphatic heterocycles. The summed E-state index contributed by atoms with van der Waals surface area (Å²) in [5.41, 5.74) is 2.24. The number of hydrogen-bond donors (Lipinski definition) is 0. The summed E-state index contributed by atoms with van der Waals surface area (Å²) in [5.74, 6) is -1.07. The van der Waals surface area contributed by atoms with E-state index in [1.807, 2.05) is 12.1 Å². The van der Waals surface area contributed by atoms with Gasteiger partial charge in [0.2, 0.25) is 5.82 Å². The van der Waals surface area contributed by atoms with Gasteiger partial charge in [-0.05, 0) is 80.6 Å². The van der Waals surface area contributed by atoms with E-state index in [1.54, 1.807) is 18.2 Å². The SMILES string of the molecule is CCCCCOc1ccc(-c2ccc(OCCCCCCCCCCC[Si](C)(C[Si](C)(C)C)O[Si](C)(C)C)cc2)c(F)c1F. The first-order valence-electron chi connectivity index (χ1n) is 17.3. The molecule has 0 aliphatic carbocycles. The molecule has 250 valence electrons. The summed E-state index contributed by atoms with van der Waals surface area (Å²) >= 11 is 0. The van der Waals surface area contributed by atoms with Crippen LogP contribution in [0.4, 0.5) is 8.78 Å². The highest BCUT2D eigenvalue weighted by Gasteiger charge is 2.37. The Morgan fingerprint density at radius 1 is 0.591 bits per heavy atom. The van der Waals surface area contributed by atoms with E-state index >= 15 is 0 Å². The van der Waals surface area contributed by atoms with E-state index in [9.17, 15) is 8.78 Å². The van der Waals surface area contributed by atoms with E-state index in [4.69, 9.17) is 13.6 Å². The minimum Gasteiger partial charge on any atom is -0.494 e. The van der Waals surface area contributed by atoms with Crippen LogP contribution < -0.4 is 9.47 Å². The Hall–Kier alpha value is -1.49. The molecule has 0 radical (unpaired) electrons. The topological polar surface area (TPSA) is 27.7 Å². The van der Waals surface area contributed by atoms with Crippen LogP contribution >= 0.6 is 0 Å². The molecule has 44 heavy (non-hydrogen) atoms. The monoisotopic (exact) mass is 664 g/mol. The van der Waals surface area contributed by atoms with Gasteiger partial charge in [-0.15, -0.1) is 0 Å². The third-order valence-electron chi connectivity index (χ3n) is 7.79. The number of hydrogen-bond acceptors (Lipinski definition) is 3. The summed E-state index contributed by atoms with van der Waals surface area (Å²) in [4.78, 5) is 0. The molecule has 0 aliphatic rings. The summed E-state index contributed by atoms with van der Waals surface area (Å²) in [6, 6.07) is 11.7. The van der Waals surface area contributed by atoms with Crippen LogP contribution in [0.15, 0.2) is 36.4 Å². The van der Waals surface area contributed by atoms with Gasteiger partial charge in [0.15, 0.2) is 28.2 Å². The molecule has 0 amide bonds. The third-order valence-corrected chi connectivity index (χ3v) is 20.9. The van der Waals surface area contributed by atoms with Crippen molar-refractivity contribution in [2.45, 2.75) is 142 Å². The summed E-state index contributed by atoms with van der Waals surface area (Å²) in [6.07, 6.45) is 14.3. The van der Waals surface area contributed by atoms with Crippen LogP contribution in [0.5, 0.6) is 11.5 Å². The highest BCUT2D eigenvalue weighted by Crippen LogP contribution is 2.32. The van der Waals surface area contributed by atoms with Gasteiger partial charge in [-0.1, -0.05) is 103 Å². The highest BCUT2D eigenvalue weighted by atomic mass is 28.4. The lowest BCUT2D eigenvalue weighted by atomic mass is 10.0. The minimum absolute atomic E-state index is 0.0252. The van der Waals surface area contributed by atoms with E-state index in [1.165, 1.54) is 69.1 Å². The standard InChI is InChI=1S/C36H62F2O3Si3/c1-9-10-18-28-40-34-26-25-33(35(37)36(34)38)31-21-23-32(24-22-31)39-27-19-16-14-12-11-13-15-17-20-29-44(8,30-42(2,3)4)41-43(5,6)7/h21-26H,9-20,27-30H2,1-8H3. The van der Waals surface area contributed by atoms with Crippen LogP contribution in [-0.4, -0.2) is 37.9 Å². The maximum absolute atomic E-state index is 14.7. The smallest absolute Gasteiger partial charge is 0.201 e. The minimum atomic E-state index is -1.59. The van der Waals surface area contributed by atoms with Gasteiger partial charge in [0.25, 0.3) is 0 Å². The zero-order valence-electron chi connectivity index (χ0n) is 29.3. The van der Waals surface area contributed by atoms with Gasteiger partial charge in [-0.2, -0.15) is 4.39 Å². The molecule has 0 spiro atoms. The summed E-state index contributed by atoms with van der Waals surface area (Å²) < 4.78 is 47.4. The van der Waals surface area contributed by atoms with Crippen LogP contribution in [-0.2, 0) is 4.12 Å². The van der Waals surface area contributed by atoms with Crippen LogP contribution in [0, 0.1) is 11.6 Å². The van der Waals surface area contributed by atoms with Crippen LogP contribution in [0.25, 0.3) is 11.1 Å². The molecule has 0 heterocycles. The quantitative estimate of drug-likeness (QED) is 0.0874. The summed E-state index contributed by atoms with van der Waals surface area (Å²) in [6.45, 7) is 20.2. The molecule has 2 aromatic rings. The number of ether oxygens (including phenoxy) is 2. The molecule has 1 unspecified atom stereocenters. The van der Waals surface area contributed by atoms with Gasteiger partial charge >= 0.3 is 0 Å². The van der Waals surface area contributed by atoms with Crippen molar-refractivity contribution in [3.05, 3.63) is 48.0 Å². The third kappa shape index (κ3) is 15.7. The predicted molar refractivity (Wildman–Crippen MR) is 193 cm³/mol. The zero-order valence-corrected chi connectivity index (χ0v) is 32.3. The Balaban J connectivity index is 1.59. The average Bonchev–Trinajstić information content (AvgIpc) is 2.92. The van der Waals surface area contributed by atoms with E-state index in [0.29, 0.717) is 18.8 Å². The molecule has 0 saturated carbocycles. The second kappa shape index (κ2) is 19.2. The summed E-state index contributed by atoms with van der Waals surface area (Å²) in [5, 5.41) is 0. The molecular formula is C36H62F2O3Si3. The van der Waals surface area contributed by atoms with Crippen LogP contribution in [0.2, 0.25) is 57.5 Å². The summed E-state index contributed by atoms with van der Waals surface area (Å²) in [7, 11) is -4.20. The second-order valence-corrected chi connectivity index (χ2v) is 30.0. The maximum Gasteiger partial charge on any atom is 0.201 e. The van der Waals surface area contributed by atoms with Crippen molar-refractivity contribution < 1.29 is 22.4 Å². The molecule has 0 fully saturated rings. The van der Waals surface area contributed by atoms with Crippen LogP contribution in [0.3, 0.4) is 0 Å². The Kier molecular flexibility index (Phi) is 16.9. The Morgan fingerprint density at radius 3 is 1.70 bits per heavy atom. The van der Waals surface area contributed by atoms with Crippen molar-refractivity contribution in [3.8, 4) is 22.6 Å². The number of unbranched alkanes of at least 4 members (excludes halogenated alkanes) is 10. The fourth-order valence-corrected chi connectivity index (χ4v) is 24.1. The Morgan fingerprint density at radius 2 is 1.14 bits per heavy atom. The van der Waals surface area contributed by atoms with E-state index in [-0.39, 0.29) is 11.3 Å². The molecular weight excluding hydrogens is 603 g/mol. The lowest BCUT2D eigenvalue weighted by Crippen LogP contribution is -2.49. The van der Waals surface area contributed by atoms with Gasteiger partial charge in [-0.25, -0.2) is 4.39 Å². The molecule has 0 aromatic heterocycles. The van der Waals surface area contributed by atoms with Crippen molar-refractivity contribution >= 4 is 24.7 Å². The number of halogens is 2. The number of benzene rings is 2. The molecule has 2 aromatic carbocycles. The first kappa shape index (κ1) is 38.7. The molecule has 0 saturated heterocycles. The van der Waals surface area contributed by atoms with Gasteiger partial charge < -0.3 is 13.6 Å². The first-order valence-corrected chi connectivity index (χ1v) is 27.2. The van der Waals surface area contributed by atoms with Crippen molar-refractivity contribution in [2.75, 3.05) is 13.2 Å². The second-order valence-electron chi connectivity index (χ2n) is 15.0. The molecule has 0 bridgehead atoms. The maximum atomic E-state index is 14.7. The lowest BCUT2D eigenvalue weighted by Gasteiger charge is -2.38. The molecule has 8 heteroatoms. The molecule has 3 nitrogen and oxygen atoms in total. The van der Waals surface area contributed by atoms with Gasteiger partial charge in [0.05, 0.1) is 13.2 Å². The van der Waals surface area contributed by atoms with Gasteiger partial charge in [0.1, 0.15) is 5.75 Å². The van der Waals surface area contributed by atoms with Crippen molar-refractivity contribution in [2.24, 2.45) is 0 Å². The van der Waals surface area contributed by atoms with Gasteiger partial charge in [-0.3, -0.25) is 0 Å². The lowest BCUT2D eigenvalue weighted by molar-refractivity contribution is 0.286. The van der Waals surface area contributed by atoms with E-state index in [0.717, 1.165) is 31.4 Å². The molecule has 0 N–H and O–H groups in total. The zero-order chi connectivity index (χ0) is 32.6. The normalized spacial score (nSPS) is 13.6. The van der Waals surface area contributed by atoms with Crippen LogP contribution in [0.1, 0.15) is 84.0 Å². The van der Waals surface area contributed by atoms with E-state index < -0.39 is 36.3 Å². The molecule has 1 atom stereocenters. The van der Waals surface area contributed by atoms with Crippen molar-refractivity contribution in [1.29, 1.82) is 0 Å². The first-order chi connectivity index (χ1) is 20.7. The van der Waals surface area contributed by atoms with Crippen molar-refractivity contribution in [3.63, 3.8) is 0 Å². The fraction of sp³-hybridized carbons (Fsp3) is 0.667. The predicted octanol–water partition coefficient (Wildman–Crippen LogP) is 12.4. The fourth-order valence-electron chi connectivity index (χ4n) is 6.20. The van der Waals surface area contributed by atoms with E-state index in [2.05, 4.69) is 52.8 Å². The van der Waals surface area contributed by atoms with Gasteiger partial charge in [0, 0.05) is 13.6 Å². The Labute approximate surface area is 271 Å². The average molecular weight is 665 g/mol. The molecule has 2 rings (SSSR count). The highest BCUT2D eigenvalue weighted by molar-refractivity contribution is 6.96. The number of rotatable bonds is 23. The largest absolute Gasteiger partial charge is 0.494 e. The Bertz CT molecular complexity index is 1070.